The van der Waals surface area contributed by atoms with Crippen molar-refractivity contribution < 1.29 is 17.9 Å². The van der Waals surface area contributed by atoms with Crippen molar-refractivity contribution in [3.63, 3.8) is 0 Å². The number of nitrogens with zero attached hydrogens (tertiary/aromatic N) is 1. The summed E-state index contributed by atoms with van der Waals surface area (Å²) in [5, 5.41) is 0. The predicted octanol–water partition coefficient (Wildman–Crippen LogP) is 3.63. The Hall–Kier alpha value is -0.240. The van der Waals surface area contributed by atoms with Crippen molar-refractivity contribution in [1.82, 2.24) is 4.98 Å². The largest absolute Gasteiger partial charge is 0.573 e. The van der Waals surface area contributed by atoms with Crippen LogP contribution in [0.1, 0.15) is 11.3 Å². The maximum absolute atomic E-state index is 12.0. The Labute approximate surface area is 103 Å². The Morgan fingerprint density at radius 3 is 2.60 bits per heavy atom. The van der Waals surface area contributed by atoms with Crippen molar-refractivity contribution in [2.45, 2.75) is 19.2 Å². The second-order valence-corrected chi connectivity index (χ2v) is 3.99. The molecular formula is C8H6ClF3INO. The third-order valence-electron chi connectivity index (χ3n) is 1.61. The van der Waals surface area contributed by atoms with E-state index in [-0.39, 0.29) is 15.3 Å². The minimum atomic E-state index is -4.71. The molecule has 0 unspecified atom stereocenters. The molecule has 2 nitrogen and oxygen atoms in total. The van der Waals surface area contributed by atoms with Gasteiger partial charge in [-0.2, -0.15) is 0 Å². The van der Waals surface area contributed by atoms with E-state index in [1.54, 1.807) is 29.5 Å². The van der Waals surface area contributed by atoms with Crippen molar-refractivity contribution in [1.29, 1.82) is 0 Å². The number of ether oxygens (including phenoxy) is 1. The van der Waals surface area contributed by atoms with Crippen molar-refractivity contribution in [2.24, 2.45) is 0 Å². The fourth-order valence-corrected chi connectivity index (χ4v) is 1.83. The van der Waals surface area contributed by atoms with Gasteiger partial charge in [-0.15, -0.1) is 24.8 Å². The van der Waals surface area contributed by atoms with E-state index in [0.29, 0.717) is 11.3 Å². The van der Waals surface area contributed by atoms with Gasteiger partial charge in [-0.05, 0) is 41.1 Å². The highest BCUT2D eigenvalue weighted by Gasteiger charge is 2.32. The number of pyridine rings is 1. The average molecular weight is 351 g/mol. The number of hydrogen-bond donors (Lipinski definition) is 0. The number of hydrogen-bond acceptors (Lipinski definition) is 2. The normalized spacial score (nSPS) is 11.6. The third-order valence-corrected chi connectivity index (χ3v) is 2.67. The summed E-state index contributed by atoms with van der Waals surface area (Å²) in [4.78, 5) is 3.91. The van der Waals surface area contributed by atoms with Gasteiger partial charge in [0.05, 0.1) is 0 Å². The Bertz CT molecular complexity index is 370. The fourth-order valence-electron chi connectivity index (χ4n) is 0.928. The maximum Gasteiger partial charge on any atom is 0.573 e. The zero-order chi connectivity index (χ0) is 11.6. The smallest absolute Gasteiger partial charge is 0.403 e. The van der Waals surface area contributed by atoms with Crippen LogP contribution in [0, 0.1) is 10.6 Å². The van der Waals surface area contributed by atoms with E-state index in [0.717, 1.165) is 0 Å². The van der Waals surface area contributed by atoms with Gasteiger partial charge >= 0.3 is 6.36 Å². The summed E-state index contributed by atoms with van der Waals surface area (Å²) >= 11 is 7.23. The van der Waals surface area contributed by atoms with Gasteiger partial charge in [0.2, 0.25) is 0 Å². The van der Waals surface area contributed by atoms with Crippen LogP contribution in [0.4, 0.5) is 13.2 Å². The van der Waals surface area contributed by atoms with Gasteiger partial charge < -0.3 is 4.74 Å². The molecule has 15 heavy (non-hydrogen) atoms. The molecular weight excluding hydrogens is 345 g/mol. The van der Waals surface area contributed by atoms with Gasteiger partial charge in [0, 0.05) is 11.6 Å². The molecule has 0 spiro atoms. The molecule has 0 bridgehead atoms. The molecule has 0 amide bonds. The van der Waals surface area contributed by atoms with E-state index >= 15 is 0 Å². The number of rotatable bonds is 2. The molecule has 0 fully saturated rings. The predicted molar refractivity (Wildman–Crippen MR) is 57.9 cm³/mol. The van der Waals surface area contributed by atoms with Crippen LogP contribution in [0.5, 0.6) is 5.75 Å². The molecule has 0 aromatic carbocycles. The summed E-state index contributed by atoms with van der Waals surface area (Å²) in [5.74, 6) is -0.214. The average Bonchev–Trinajstić information content (AvgIpc) is 2.07. The molecule has 1 rings (SSSR count). The van der Waals surface area contributed by atoms with Crippen LogP contribution >= 0.6 is 34.2 Å². The Balaban J connectivity index is 3.08. The topological polar surface area (TPSA) is 22.1 Å². The lowest BCUT2D eigenvalue weighted by Crippen LogP contribution is -2.18. The van der Waals surface area contributed by atoms with Crippen LogP contribution in [0.3, 0.4) is 0 Å². The second kappa shape index (κ2) is 4.73. The van der Waals surface area contributed by atoms with Gasteiger partial charge in [0.15, 0.2) is 5.75 Å². The van der Waals surface area contributed by atoms with Crippen molar-refractivity contribution >= 4 is 34.2 Å². The third kappa shape index (κ3) is 3.67. The minimum absolute atomic E-state index is 0.101. The van der Waals surface area contributed by atoms with E-state index in [1.165, 1.54) is 6.07 Å². The number of halogens is 5. The molecule has 0 aliphatic rings. The molecule has 0 radical (unpaired) electrons. The van der Waals surface area contributed by atoms with Gasteiger partial charge in [-0.3, -0.25) is 0 Å². The molecule has 0 aliphatic heterocycles. The molecule has 0 atom stereocenters. The molecule has 1 heterocycles. The first-order chi connectivity index (χ1) is 6.83. The highest BCUT2D eigenvalue weighted by atomic mass is 127. The molecule has 0 saturated carbocycles. The lowest BCUT2D eigenvalue weighted by atomic mass is 10.2. The fraction of sp³-hybridized carbons (Fsp3) is 0.375. The number of aromatic nitrogens is 1. The molecule has 84 valence electrons. The van der Waals surface area contributed by atoms with Gasteiger partial charge in [-0.1, -0.05) is 0 Å². The van der Waals surface area contributed by atoms with Gasteiger partial charge in [0.1, 0.15) is 3.70 Å². The zero-order valence-corrected chi connectivity index (χ0v) is 10.4. The molecule has 1 aromatic rings. The summed E-state index contributed by atoms with van der Waals surface area (Å²) in [5.41, 5.74) is 1.13. The van der Waals surface area contributed by atoms with Gasteiger partial charge in [-0.25, -0.2) is 4.98 Å². The van der Waals surface area contributed by atoms with Crippen LogP contribution in [0.15, 0.2) is 6.07 Å². The lowest BCUT2D eigenvalue weighted by molar-refractivity contribution is -0.275. The molecule has 0 saturated heterocycles. The SMILES string of the molecule is Cc1nc(I)c(OC(F)(F)F)cc1CCl. The zero-order valence-electron chi connectivity index (χ0n) is 7.53. The van der Waals surface area contributed by atoms with E-state index in [4.69, 9.17) is 11.6 Å². The lowest BCUT2D eigenvalue weighted by Gasteiger charge is -2.12. The minimum Gasteiger partial charge on any atom is -0.403 e. The summed E-state index contributed by atoms with van der Waals surface area (Å²) in [6.07, 6.45) is -4.71. The molecule has 0 N–H and O–H groups in total. The quantitative estimate of drug-likeness (QED) is 0.461. The van der Waals surface area contributed by atoms with E-state index in [2.05, 4.69) is 9.72 Å². The maximum atomic E-state index is 12.0. The summed E-state index contributed by atoms with van der Waals surface area (Å²) in [6, 6.07) is 1.25. The summed E-state index contributed by atoms with van der Waals surface area (Å²) in [7, 11) is 0. The van der Waals surface area contributed by atoms with Crippen LogP contribution in [-0.4, -0.2) is 11.3 Å². The first-order valence-corrected chi connectivity index (χ1v) is 5.42. The first kappa shape index (κ1) is 12.8. The van der Waals surface area contributed by atoms with Crippen molar-refractivity contribution in [3.8, 4) is 5.75 Å². The van der Waals surface area contributed by atoms with Gasteiger partial charge in [0.25, 0.3) is 0 Å². The van der Waals surface area contributed by atoms with E-state index < -0.39 is 6.36 Å². The molecule has 1 aromatic heterocycles. The Kier molecular flexibility index (Phi) is 4.05. The number of aryl methyl sites for hydroxylation is 1. The van der Waals surface area contributed by atoms with Crippen LogP contribution in [-0.2, 0) is 5.88 Å². The monoisotopic (exact) mass is 351 g/mol. The standard InChI is InChI=1S/C8H6ClF3INO/c1-4-5(3-9)2-6(7(13)14-4)15-8(10,11)12/h2H,3H2,1H3. The van der Waals surface area contributed by atoms with Crippen molar-refractivity contribution in [3.05, 3.63) is 21.0 Å². The second-order valence-electron chi connectivity index (χ2n) is 2.70. The Morgan fingerprint density at radius 1 is 1.53 bits per heavy atom. The number of alkyl halides is 4. The summed E-state index contributed by atoms with van der Waals surface area (Å²) in [6.45, 7) is 1.68. The first-order valence-electron chi connectivity index (χ1n) is 3.81. The van der Waals surface area contributed by atoms with E-state index in [1.807, 2.05) is 0 Å². The highest BCUT2D eigenvalue weighted by molar-refractivity contribution is 14.1. The molecule has 0 aliphatic carbocycles. The summed E-state index contributed by atoms with van der Waals surface area (Å²) < 4.78 is 39.9. The highest BCUT2D eigenvalue weighted by Crippen LogP contribution is 2.28. The van der Waals surface area contributed by atoms with E-state index in [9.17, 15) is 13.2 Å². The van der Waals surface area contributed by atoms with Crippen molar-refractivity contribution in [2.75, 3.05) is 0 Å². The van der Waals surface area contributed by atoms with Crippen LogP contribution in [0.25, 0.3) is 0 Å². The van der Waals surface area contributed by atoms with Crippen LogP contribution < -0.4 is 4.74 Å². The van der Waals surface area contributed by atoms with Crippen LogP contribution in [0.2, 0.25) is 0 Å². The Morgan fingerprint density at radius 2 is 2.13 bits per heavy atom. The molecule has 7 heteroatoms.